The summed E-state index contributed by atoms with van der Waals surface area (Å²) in [5, 5.41) is 6.91. The maximum atomic E-state index is 13.1. The third-order valence-corrected chi connectivity index (χ3v) is 5.67. The van der Waals surface area contributed by atoms with E-state index in [1.165, 1.54) is 13.0 Å². The van der Waals surface area contributed by atoms with Gasteiger partial charge in [-0.15, -0.1) is 0 Å². The number of pyridine rings is 1. The summed E-state index contributed by atoms with van der Waals surface area (Å²) < 4.78 is 39.4. The second kappa shape index (κ2) is 8.84. The summed E-state index contributed by atoms with van der Waals surface area (Å²) in [5.41, 5.74) is 0.454. The minimum absolute atomic E-state index is 0.0627. The molecule has 3 heterocycles. The predicted molar refractivity (Wildman–Crippen MR) is 120 cm³/mol. The van der Waals surface area contributed by atoms with E-state index in [9.17, 15) is 18.0 Å². The van der Waals surface area contributed by atoms with Gasteiger partial charge in [0.05, 0.1) is 17.3 Å². The summed E-state index contributed by atoms with van der Waals surface area (Å²) in [6.07, 6.45) is -1.91. The number of benzene rings is 1. The molecule has 1 aliphatic rings. The largest absolute Gasteiger partial charge is 0.416 e. The first-order chi connectivity index (χ1) is 15.6. The lowest BCUT2D eigenvalue weighted by Gasteiger charge is -2.20. The van der Waals surface area contributed by atoms with Crippen molar-refractivity contribution in [3.63, 3.8) is 0 Å². The number of nitrogens with zero attached hydrogens (tertiary/aromatic N) is 4. The molecule has 0 bridgehead atoms. The standard InChI is InChI=1S/C23H25F3N6O/c1-13(16-5-4-6-17(9-16)23(24,25)26)28-22-19-10-21(27-11-20(19)29-14(2)30-22)32-8-7-18(12-32)31-15(3)33/h4-6,9-11,13,18H,7-8,12H2,1-3H3,(H,31,33)(H,28,29,30)/t13?,18-/m1/s1. The third-order valence-electron chi connectivity index (χ3n) is 5.67. The van der Waals surface area contributed by atoms with Crippen molar-refractivity contribution in [3.8, 4) is 0 Å². The van der Waals surface area contributed by atoms with Crippen LogP contribution in [0.1, 0.15) is 43.3 Å². The number of anilines is 2. The first-order valence-electron chi connectivity index (χ1n) is 10.7. The van der Waals surface area contributed by atoms with Gasteiger partial charge in [-0.05, 0) is 44.0 Å². The number of nitrogens with one attached hydrogen (secondary N) is 2. The zero-order valence-electron chi connectivity index (χ0n) is 18.6. The summed E-state index contributed by atoms with van der Waals surface area (Å²) >= 11 is 0. The van der Waals surface area contributed by atoms with Crippen molar-refractivity contribution in [1.29, 1.82) is 0 Å². The smallest absolute Gasteiger partial charge is 0.363 e. The number of carbonyl (C=O) groups excluding carboxylic acids is 1. The molecule has 2 N–H and O–H groups in total. The summed E-state index contributed by atoms with van der Waals surface area (Å²) in [6.45, 7) is 6.44. The highest BCUT2D eigenvalue weighted by Crippen LogP contribution is 2.32. The van der Waals surface area contributed by atoms with Crippen LogP contribution in [0.3, 0.4) is 0 Å². The molecule has 0 spiro atoms. The van der Waals surface area contributed by atoms with Gasteiger partial charge >= 0.3 is 6.18 Å². The van der Waals surface area contributed by atoms with Crippen molar-refractivity contribution in [2.24, 2.45) is 0 Å². The molecule has 1 aliphatic heterocycles. The Balaban J connectivity index is 1.62. The van der Waals surface area contributed by atoms with Crippen LogP contribution in [0.15, 0.2) is 36.5 Å². The van der Waals surface area contributed by atoms with Crippen LogP contribution in [-0.2, 0) is 11.0 Å². The zero-order valence-corrected chi connectivity index (χ0v) is 18.6. The van der Waals surface area contributed by atoms with E-state index in [-0.39, 0.29) is 11.9 Å². The first-order valence-corrected chi connectivity index (χ1v) is 10.7. The second-order valence-electron chi connectivity index (χ2n) is 8.30. The van der Waals surface area contributed by atoms with E-state index in [1.807, 2.05) is 6.07 Å². The van der Waals surface area contributed by atoms with Gasteiger partial charge in [-0.2, -0.15) is 13.2 Å². The molecule has 0 radical (unpaired) electrons. The highest BCUT2D eigenvalue weighted by Gasteiger charge is 2.31. The number of hydrogen-bond donors (Lipinski definition) is 2. The Morgan fingerprint density at radius 1 is 1.24 bits per heavy atom. The molecule has 174 valence electrons. The molecular formula is C23H25F3N6O. The van der Waals surface area contributed by atoms with Crippen LogP contribution in [0.2, 0.25) is 0 Å². The Morgan fingerprint density at radius 3 is 2.76 bits per heavy atom. The fourth-order valence-corrected chi connectivity index (χ4v) is 4.07. The number of alkyl halides is 3. The van der Waals surface area contributed by atoms with E-state index in [0.717, 1.165) is 36.3 Å². The van der Waals surface area contributed by atoms with Crippen molar-refractivity contribution in [1.82, 2.24) is 20.3 Å². The van der Waals surface area contributed by atoms with E-state index in [4.69, 9.17) is 0 Å². The van der Waals surface area contributed by atoms with Gasteiger partial charge in [0.1, 0.15) is 17.5 Å². The molecule has 3 aromatic rings. The van der Waals surface area contributed by atoms with Crippen LogP contribution in [-0.4, -0.2) is 40.0 Å². The molecule has 7 nitrogen and oxygen atoms in total. The Bertz CT molecular complexity index is 1180. The number of aryl methyl sites for hydroxylation is 1. The van der Waals surface area contributed by atoms with Crippen LogP contribution in [0.4, 0.5) is 24.8 Å². The van der Waals surface area contributed by atoms with E-state index in [0.29, 0.717) is 29.3 Å². The average molecular weight is 458 g/mol. The average Bonchev–Trinajstić information content (AvgIpc) is 3.20. The lowest BCUT2D eigenvalue weighted by molar-refractivity contribution is -0.137. The van der Waals surface area contributed by atoms with Gasteiger partial charge in [0.25, 0.3) is 0 Å². The molecule has 33 heavy (non-hydrogen) atoms. The van der Waals surface area contributed by atoms with E-state index in [1.54, 1.807) is 26.1 Å². The van der Waals surface area contributed by atoms with Crippen LogP contribution in [0.25, 0.3) is 10.9 Å². The number of halogens is 3. The minimum Gasteiger partial charge on any atom is -0.363 e. The van der Waals surface area contributed by atoms with E-state index in [2.05, 4.69) is 30.5 Å². The number of hydrogen-bond acceptors (Lipinski definition) is 6. The van der Waals surface area contributed by atoms with Gasteiger partial charge in [0.2, 0.25) is 5.91 Å². The van der Waals surface area contributed by atoms with Crippen molar-refractivity contribution >= 4 is 28.4 Å². The fourth-order valence-electron chi connectivity index (χ4n) is 4.07. The number of rotatable bonds is 5. The topological polar surface area (TPSA) is 83.0 Å². The van der Waals surface area contributed by atoms with Crippen molar-refractivity contribution in [3.05, 3.63) is 53.5 Å². The monoisotopic (exact) mass is 458 g/mol. The molecule has 1 unspecified atom stereocenters. The van der Waals surface area contributed by atoms with Crippen molar-refractivity contribution in [2.45, 2.75) is 45.5 Å². The van der Waals surface area contributed by atoms with Crippen LogP contribution < -0.4 is 15.5 Å². The highest BCUT2D eigenvalue weighted by atomic mass is 19.4. The Morgan fingerprint density at radius 2 is 2.03 bits per heavy atom. The zero-order chi connectivity index (χ0) is 23.8. The van der Waals surface area contributed by atoms with Gasteiger partial charge < -0.3 is 15.5 Å². The molecule has 1 amide bonds. The normalized spacial score (nSPS) is 17.3. The van der Waals surface area contributed by atoms with E-state index < -0.39 is 17.8 Å². The van der Waals surface area contributed by atoms with Crippen molar-refractivity contribution in [2.75, 3.05) is 23.3 Å². The lowest BCUT2D eigenvalue weighted by atomic mass is 10.0. The summed E-state index contributed by atoms with van der Waals surface area (Å²) in [6, 6.07) is 6.79. The molecular weight excluding hydrogens is 433 g/mol. The van der Waals surface area contributed by atoms with E-state index >= 15 is 0 Å². The number of aromatic nitrogens is 3. The van der Waals surface area contributed by atoms with Crippen LogP contribution in [0.5, 0.6) is 0 Å². The maximum absolute atomic E-state index is 13.1. The number of fused-ring (bicyclic) bond motifs is 1. The molecule has 10 heteroatoms. The molecule has 0 aliphatic carbocycles. The molecule has 2 aromatic heterocycles. The van der Waals surface area contributed by atoms with Crippen LogP contribution >= 0.6 is 0 Å². The number of carbonyl (C=O) groups is 1. The van der Waals surface area contributed by atoms with Gasteiger partial charge in [0.15, 0.2) is 0 Å². The Labute approximate surface area is 189 Å². The molecule has 0 saturated carbocycles. The van der Waals surface area contributed by atoms with Gasteiger partial charge in [0, 0.05) is 37.5 Å². The predicted octanol–water partition coefficient (Wildman–Crippen LogP) is 4.24. The first kappa shape index (κ1) is 22.8. The van der Waals surface area contributed by atoms with Gasteiger partial charge in [-0.25, -0.2) is 15.0 Å². The lowest BCUT2D eigenvalue weighted by Crippen LogP contribution is -2.35. The van der Waals surface area contributed by atoms with Crippen LogP contribution in [0, 0.1) is 6.92 Å². The molecule has 1 fully saturated rings. The fraction of sp³-hybridized carbons (Fsp3) is 0.391. The Hall–Kier alpha value is -3.43. The van der Waals surface area contributed by atoms with Crippen molar-refractivity contribution < 1.29 is 18.0 Å². The molecule has 2 atom stereocenters. The quantitative estimate of drug-likeness (QED) is 0.595. The number of amides is 1. The van der Waals surface area contributed by atoms with Gasteiger partial charge in [-0.3, -0.25) is 4.79 Å². The minimum atomic E-state index is -4.40. The summed E-state index contributed by atoms with van der Waals surface area (Å²) in [4.78, 5) is 26.9. The third kappa shape index (κ3) is 5.15. The molecule has 4 rings (SSSR count). The molecule has 1 aromatic carbocycles. The maximum Gasteiger partial charge on any atom is 0.416 e. The second-order valence-corrected chi connectivity index (χ2v) is 8.30. The summed E-state index contributed by atoms with van der Waals surface area (Å²) in [5.74, 6) is 1.73. The highest BCUT2D eigenvalue weighted by molar-refractivity contribution is 5.90. The SMILES string of the molecule is CC(=O)N[C@@H]1CCN(c2cc3c(NC(C)c4cccc(C(F)(F)F)c4)nc(C)nc3cn2)C1. The summed E-state index contributed by atoms with van der Waals surface area (Å²) in [7, 11) is 0. The Kier molecular flexibility index (Phi) is 6.09. The molecule has 1 saturated heterocycles. The van der Waals surface area contributed by atoms with Gasteiger partial charge in [-0.1, -0.05) is 12.1 Å².